The van der Waals surface area contributed by atoms with Crippen molar-refractivity contribution in [1.82, 2.24) is 0 Å². The summed E-state index contributed by atoms with van der Waals surface area (Å²) in [4.78, 5) is 42.7. The summed E-state index contributed by atoms with van der Waals surface area (Å²) in [6, 6.07) is 25.3. The molecule has 2 N–H and O–H groups in total. The Kier molecular flexibility index (Phi) is 7.39. The molecule has 0 saturated carbocycles. The molecule has 1 saturated heterocycles. The number of imide groups is 1. The molecule has 172 valence electrons. The number of para-hydroxylation sites is 1. The van der Waals surface area contributed by atoms with Crippen LogP contribution in [0.4, 0.5) is 11.4 Å². The Balaban J connectivity index is 1.49. The topological polar surface area (TPSA) is 99.1 Å². The Bertz CT molecular complexity index is 1200. The summed E-state index contributed by atoms with van der Waals surface area (Å²) in [5.41, 5.74) is 2.46. The number of amidine groups is 1. The van der Waals surface area contributed by atoms with E-state index in [0.29, 0.717) is 17.4 Å². The van der Waals surface area contributed by atoms with Crippen LogP contribution in [0.3, 0.4) is 0 Å². The lowest BCUT2D eigenvalue weighted by Gasteiger charge is -2.16. The molecule has 4 rings (SSSR count). The van der Waals surface area contributed by atoms with Gasteiger partial charge in [-0.15, -0.1) is 0 Å². The lowest BCUT2D eigenvalue weighted by atomic mass is 10.2. The molecule has 0 aromatic heterocycles. The SMILES string of the molecule is O=C(O)c1ccc(N2C(=O)CC(SC(=NCCc3ccccc3)Nc3ccccc3)C2=O)cc1. The lowest BCUT2D eigenvalue weighted by molar-refractivity contribution is -0.121. The number of nitrogens with zero attached hydrogens (tertiary/aromatic N) is 2. The predicted octanol–water partition coefficient (Wildman–Crippen LogP) is 4.46. The van der Waals surface area contributed by atoms with Gasteiger partial charge in [0.05, 0.1) is 11.3 Å². The number of hydrogen-bond donors (Lipinski definition) is 2. The van der Waals surface area contributed by atoms with E-state index in [-0.39, 0.29) is 23.8 Å². The Hall–Kier alpha value is -3.91. The number of thioether (sulfide) groups is 1. The third-order valence-electron chi connectivity index (χ3n) is 5.26. The van der Waals surface area contributed by atoms with Gasteiger partial charge in [0.25, 0.3) is 0 Å². The average Bonchev–Trinajstić information content (AvgIpc) is 3.13. The minimum atomic E-state index is -1.07. The second-order valence-corrected chi connectivity index (χ2v) is 8.83. The van der Waals surface area contributed by atoms with Crippen molar-refractivity contribution in [2.75, 3.05) is 16.8 Å². The maximum atomic E-state index is 13.1. The normalized spacial score (nSPS) is 16.1. The molecule has 0 radical (unpaired) electrons. The standard InChI is InChI=1S/C26H23N3O4S/c30-23-17-22(24(31)29(23)21-13-11-19(12-14-21)25(32)33)34-26(28-20-9-5-2-6-10-20)27-16-15-18-7-3-1-4-8-18/h1-14,22H,15-17H2,(H,27,28)(H,32,33). The average molecular weight is 474 g/mol. The van der Waals surface area contributed by atoms with Crippen LogP contribution in [0, 0.1) is 0 Å². The Morgan fingerprint density at radius 3 is 2.26 bits per heavy atom. The minimum absolute atomic E-state index is 0.0400. The van der Waals surface area contributed by atoms with E-state index in [1.807, 2.05) is 60.7 Å². The fourth-order valence-electron chi connectivity index (χ4n) is 3.54. The van der Waals surface area contributed by atoms with Crippen molar-refractivity contribution in [3.05, 3.63) is 96.1 Å². The van der Waals surface area contributed by atoms with Crippen LogP contribution in [0.2, 0.25) is 0 Å². The third-order valence-corrected chi connectivity index (χ3v) is 6.36. The van der Waals surface area contributed by atoms with Crippen LogP contribution in [0.25, 0.3) is 0 Å². The van der Waals surface area contributed by atoms with Crippen molar-refractivity contribution in [3.8, 4) is 0 Å². The third kappa shape index (κ3) is 5.71. The largest absolute Gasteiger partial charge is 0.478 e. The summed E-state index contributed by atoms with van der Waals surface area (Å²) in [5, 5.41) is 12.3. The smallest absolute Gasteiger partial charge is 0.335 e. The van der Waals surface area contributed by atoms with Gasteiger partial charge in [-0.3, -0.25) is 14.6 Å². The number of anilines is 2. The van der Waals surface area contributed by atoms with Gasteiger partial charge in [-0.2, -0.15) is 0 Å². The number of aromatic carboxylic acids is 1. The van der Waals surface area contributed by atoms with Crippen LogP contribution in [0.15, 0.2) is 89.9 Å². The zero-order valence-electron chi connectivity index (χ0n) is 18.3. The van der Waals surface area contributed by atoms with Gasteiger partial charge in [-0.05, 0) is 48.4 Å². The second-order valence-electron chi connectivity index (χ2n) is 7.64. The first kappa shape index (κ1) is 23.3. The quantitative estimate of drug-likeness (QED) is 0.299. The lowest BCUT2D eigenvalue weighted by Crippen LogP contribution is -2.31. The number of rotatable bonds is 7. The molecule has 34 heavy (non-hydrogen) atoms. The number of carboxylic acids is 1. The summed E-state index contributed by atoms with van der Waals surface area (Å²) < 4.78 is 0. The zero-order chi connectivity index (χ0) is 23.9. The first-order valence-electron chi connectivity index (χ1n) is 10.8. The number of carbonyl (C=O) groups excluding carboxylic acids is 2. The van der Waals surface area contributed by atoms with Crippen LogP contribution >= 0.6 is 11.8 Å². The highest BCUT2D eigenvalue weighted by Crippen LogP contribution is 2.31. The number of aliphatic imine (C=N–C) groups is 1. The predicted molar refractivity (Wildman–Crippen MR) is 134 cm³/mol. The Morgan fingerprint density at radius 1 is 0.971 bits per heavy atom. The highest BCUT2D eigenvalue weighted by Gasteiger charge is 2.40. The van der Waals surface area contributed by atoms with Gasteiger partial charge in [0.1, 0.15) is 5.25 Å². The molecular weight excluding hydrogens is 450 g/mol. The maximum Gasteiger partial charge on any atom is 0.335 e. The van der Waals surface area contributed by atoms with Gasteiger partial charge >= 0.3 is 5.97 Å². The molecule has 0 spiro atoms. The molecule has 0 bridgehead atoms. The van der Waals surface area contributed by atoms with Crippen LogP contribution in [-0.4, -0.2) is 39.9 Å². The van der Waals surface area contributed by atoms with Gasteiger partial charge < -0.3 is 10.4 Å². The molecule has 1 heterocycles. The van der Waals surface area contributed by atoms with Crippen molar-refractivity contribution in [3.63, 3.8) is 0 Å². The fraction of sp³-hybridized carbons (Fsp3) is 0.154. The van der Waals surface area contributed by atoms with Crippen LogP contribution < -0.4 is 10.2 Å². The monoisotopic (exact) mass is 473 g/mol. The van der Waals surface area contributed by atoms with E-state index in [1.165, 1.54) is 41.6 Å². The maximum absolute atomic E-state index is 13.1. The Morgan fingerprint density at radius 2 is 1.62 bits per heavy atom. The van der Waals surface area contributed by atoms with E-state index in [0.717, 1.165) is 17.0 Å². The van der Waals surface area contributed by atoms with Crippen LogP contribution in [-0.2, 0) is 16.0 Å². The number of benzene rings is 3. The summed E-state index contributed by atoms with van der Waals surface area (Å²) in [7, 11) is 0. The van der Waals surface area contributed by atoms with Gasteiger partial charge in [-0.1, -0.05) is 60.3 Å². The molecule has 7 nitrogen and oxygen atoms in total. The van der Waals surface area contributed by atoms with Crippen LogP contribution in [0.5, 0.6) is 0 Å². The molecular formula is C26H23N3O4S. The fourth-order valence-corrected chi connectivity index (χ4v) is 4.58. The second kappa shape index (κ2) is 10.8. The molecule has 3 aromatic carbocycles. The highest BCUT2D eigenvalue weighted by atomic mass is 32.2. The molecule has 1 aliphatic heterocycles. The summed E-state index contributed by atoms with van der Waals surface area (Å²) in [6.45, 7) is 0.529. The molecule has 1 aliphatic rings. The van der Waals surface area contributed by atoms with Gasteiger partial charge in [0.15, 0.2) is 5.17 Å². The Labute approximate surface area is 201 Å². The van der Waals surface area contributed by atoms with E-state index < -0.39 is 11.2 Å². The number of carbonyl (C=O) groups is 3. The molecule has 8 heteroatoms. The molecule has 1 unspecified atom stereocenters. The zero-order valence-corrected chi connectivity index (χ0v) is 19.1. The highest BCUT2D eigenvalue weighted by molar-refractivity contribution is 8.15. The van der Waals surface area contributed by atoms with Gasteiger partial charge in [-0.25, -0.2) is 9.69 Å². The summed E-state index contributed by atoms with van der Waals surface area (Å²) >= 11 is 1.23. The first-order chi connectivity index (χ1) is 16.5. The van der Waals surface area contributed by atoms with E-state index in [1.54, 1.807) is 0 Å². The van der Waals surface area contributed by atoms with Crippen molar-refractivity contribution >= 4 is 46.1 Å². The molecule has 1 fully saturated rings. The molecule has 1 atom stereocenters. The molecule has 3 aromatic rings. The van der Waals surface area contributed by atoms with Crippen LogP contribution in [0.1, 0.15) is 22.3 Å². The number of hydrogen-bond acceptors (Lipinski definition) is 5. The summed E-state index contributed by atoms with van der Waals surface area (Å²) in [5.74, 6) is -1.74. The molecule has 0 aliphatic carbocycles. The van der Waals surface area contributed by atoms with Gasteiger partial charge in [0, 0.05) is 18.7 Å². The number of nitrogens with one attached hydrogen (secondary N) is 1. The molecule has 2 amide bonds. The number of carboxylic acid groups (broad SMARTS) is 1. The van der Waals surface area contributed by atoms with E-state index in [2.05, 4.69) is 10.3 Å². The van der Waals surface area contributed by atoms with E-state index in [4.69, 9.17) is 5.11 Å². The van der Waals surface area contributed by atoms with Crippen molar-refractivity contribution in [1.29, 1.82) is 0 Å². The van der Waals surface area contributed by atoms with E-state index >= 15 is 0 Å². The number of amides is 2. The van der Waals surface area contributed by atoms with E-state index in [9.17, 15) is 14.4 Å². The van der Waals surface area contributed by atoms with Crippen molar-refractivity contribution < 1.29 is 19.5 Å². The first-order valence-corrected chi connectivity index (χ1v) is 11.7. The van der Waals surface area contributed by atoms with Crippen molar-refractivity contribution in [2.45, 2.75) is 18.1 Å². The summed E-state index contributed by atoms with van der Waals surface area (Å²) in [6.07, 6.45) is 0.791. The van der Waals surface area contributed by atoms with Crippen molar-refractivity contribution in [2.24, 2.45) is 4.99 Å². The minimum Gasteiger partial charge on any atom is -0.478 e. The van der Waals surface area contributed by atoms with Gasteiger partial charge in [0.2, 0.25) is 11.8 Å².